The maximum atomic E-state index is 12.6. The molecule has 1 N–H and O–H groups in total. The molecule has 0 bridgehead atoms. The predicted octanol–water partition coefficient (Wildman–Crippen LogP) is 4.78. The number of amides is 1. The molecule has 0 aromatic heterocycles. The average Bonchev–Trinajstić information content (AvgIpc) is 2.93. The highest BCUT2D eigenvalue weighted by molar-refractivity contribution is 14.1. The van der Waals surface area contributed by atoms with Gasteiger partial charge in [0.2, 0.25) is 0 Å². The van der Waals surface area contributed by atoms with Crippen LogP contribution in [0, 0.1) is 3.57 Å². The molecule has 0 unspecified atom stereocenters. The van der Waals surface area contributed by atoms with Gasteiger partial charge in [-0.15, -0.1) is 0 Å². The van der Waals surface area contributed by atoms with Gasteiger partial charge in [-0.3, -0.25) is 9.69 Å². The molecule has 1 heterocycles. The van der Waals surface area contributed by atoms with Gasteiger partial charge in [0.05, 0.1) is 26.8 Å². The summed E-state index contributed by atoms with van der Waals surface area (Å²) in [5.74, 6) is -0.504. The summed E-state index contributed by atoms with van der Waals surface area (Å²) in [6.07, 6.45) is 1.65. The average molecular weight is 573 g/mol. The Bertz CT molecular complexity index is 1020. The van der Waals surface area contributed by atoms with E-state index in [4.69, 9.17) is 0 Å². The highest BCUT2D eigenvalue weighted by Crippen LogP contribution is 2.36. The second-order valence-electron chi connectivity index (χ2n) is 5.73. The standard InChI is InChI=1S/C19H14BrIN2O4S/c1-23-17(25)15(8-11-7-12(20)9-14(21)16(11)24)28-19(23)22-13-5-3-10(4-6-13)18(26)27-2/h3-9,24H,1-2H3/b15-8-,22-19?. The zero-order valence-electron chi connectivity index (χ0n) is 14.8. The van der Waals surface area contributed by atoms with Crippen molar-refractivity contribution in [2.24, 2.45) is 4.99 Å². The fraction of sp³-hybridized carbons (Fsp3) is 0.105. The molecule has 0 spiro atoms. The van der Waals surface area contributed by atoms with Gasteiger partial charge in [0.1, 0.15) is 5.75 Å². The van der Waals surface area contributed by atoms with E-state index < -0.39 is 5.97 Å². The van der Waals surface area contributed by atoms with Gasteiger partial charge in [-0.05, 0) is 76.8 Å². The van der Waals surface area contributed by atoms with Gasteiger partial charge < -0.3 is 9.84 Å². The molecule has 6 nitrogen and oxygen atoms in total. The second kappa shape index (κ2) is 8.66. The van der Waals surface area contributed by atoms with E-state index >= 15 is 0 Å². The third-order valence-corrected chi connectivity index (χ3v) is 6.20. The summed E-state index contributed by atoms with van der Waals surface area (Å²) in [7, 11) is 2.96. The van der Waals surface area contributed by atoms with Crippen molar-refractivity contribution in [3.63, 3.8) is 0 Å². The fourth-order valence-electron chi connectivity index (χ4n) is 2.39. The fourth-order valence-corrected chi connectivity index (χ4v) is 4.92. The number of aromatic hydroxyl groups is 1. The number of hydrogen-bond donors (Lipinski definition) is 1. The number of esters is 1. The van der Waals surface area contributed by atoms with Crippen molar-refractivity contribution in [1.29, 1.82) is 0 Å². The van der Waals surface area contributed by atoms with Crippen molar-refractivity contribution in [2.45, 2.75) is 0 Å². The molecule has 0 aliphatic carbocycles. The van der Waals surface area contributed by atoms with Crippen molar-refractivity contribution in [3.05, 3.63) is 60.5 Å². The Morgan fingerprint density at radius 3 is 2.64 bits per heavy atom. The van der Waals surface area contributed by atoms with Crippen LogP contribution in [0.5, 0.6) is 5.75 Å². The number of carbonyl (C=O) groups is 2. The van der Waals surface area contributed by atoms with E-state index in [-0.39, 0.29) is 11.7 Å². The Balaban J connectivity index is 1.89. The van der Waals surface area contributed by atoms with Crippen LogP contribution in [-0.4, -0.2) is 41.2 Å². The lowest BCUT2D eigenvalue weighted by Crippen LogP contribution is -2.23. The van der Waals surface area contributed by atoms with Crippen molar-refractivity contribution in [3.8, 4) is 5.75 Å². The number of phenolic OH excluding ortho intramolecular Hbond substituents is 1. The third kappa shape index (κ3) is 4.41. The number of phenols is 1. The van der Waals surface area contributed by atoms with Gasteiger partial charge in [-0.25, -0.2) is 9.79 Å². The Morgan fingerprint density at radius 2 is 2.00 bits per heavy atom. The van der Waals surface area contributed by atoms with Crippen molar-refractivity contribution in [1.82, 2.24) is 4.90 Å². The molecule has 1 aliphatic heterocycles. The summed E-state index contributed by atoms with van der Waals surface area (Å²) < 4.78 is 6.17. The molecule has 9 heteroatoms. The minimum Gasteiger partial charge on any atom is -0.506 e. The van der Waals surface area contributed by atoms with Crippen LogP contribution in [0.4, 0.5) is 5.69 Å². The summed E-state index contributed by atoms with van der Waals surface area (Å²) in [6.45, 7) is 0. The number of carbonyl (C=O) groups excluding carboxylic acids is 2. The number of benzene rings is 2. The second-order valence-corrected chi connectivity index (χ2v) is 8.82. The number of methoxy groups -OCH3 is 1. The number of hydrogen-bond acceptors (Lipinski definition) is 6. The summed E-state index contributed by atoms with van der Waals surface area (Å²) in [5.41, 5.74) is 1.58. The largest absolute Gasteiger partial charge is 0.506 e. The molecule has 1 saturated heterocycles. The zero-order chi connectivity index (χ0) is 20.4. The lowest BCUT2D eigenvalue weighted by atomic mass is 10.2. The van der Waals surface area contributed by atoms with Crippen LogP contribution in [0.15, 0.2) is 50.8 Å². The van der Waals surface area contributed by atoms with Crippen LogP contribution in [0.25, 0.3) is 6.08 Å². The van der Waals surface area contributed by atoms with Crippen LogP contribution in [0.3, 0.4) is 0 Å². The van der Waals surface area contributed by atoms with E-state index in [1.165, 1.54) is 23.8 Å². The quantitative estimate of drug-likeness (QED) is 0.325. The van der Waals surface area contributed by atoms with Crippen LogP contribution in [0.1, 0.15) is 15.9 Å². The summed E-state index contributed by atoms with van der Waals surface area (Å²) in [6, 6.07) is 10.1. The van der Waals surface area contributed by atoms with Gasteiger partial charge in [0, 0.05) is 17.1 Å². The van der Waals surface area contributed by atoms with Crippen LogP contribution >= 0.6 is 50.3 Å². The van der Waals surface area contributed by atoms with Gasteiger partial charge >= 0.3 is 5.97 Å². The van der Waals surface area contributed by atoms with Gasteiger partial charge in [0.15, 0.2) is 5.17 Å². The first kappa shape index (κ1) is 20.9. The highest BCUT2D eigenvalue weighted by atomic mass is 127. The molecule has 1 amide bonds. The number of halogens is 2. The monoisotopic (exact) mass is 572 g/mol. The summed E-state index contributed by atoms with van der Waals surface area (Å²) in [5, 5.41) is 10.8. The van der Waals surface area contributed by atoms with Crippen molar-refractivity contribution >= 4 is 79.1 Å². The Morgan fingerprint density at radius 1 is 1.32 bits per heavy atom. The molecule has 0 radical (unpaired) electrons. The molecule has 0 atom stereocenters. The van der Waals surface area contributed by atoms with E-state index in [9.17, 15) is 14.7 Å². The van der Waals surface area contributed by atoms with E-state index in [1.807, 2.05) is 22.6 Å². The van der Waals surface area contributed by atoms with E-state index in [2.05, 4.69) is 25.7 Å². The minimum absolute atomic E-state index is 0.121. The van der Waals surface area contributed by atoms with Crippen LogP contribution < -0.4 is 0 Å². The first-order valence-electron chi connectivity index (χ1n) is 7.93. The van der Waals surface area contributed by atoms with E-state index in [0.29, 0.717) is 30.5 Å². The molecule has 1 fully saturated rings. The number of rotatable bonds is 3. The van der Waals surface area contributed by atoms with Gasteiger partial charge in [0.25, 0.3) is 5.91 Å². The smallest absolute Gasteiger partial charge is 0.337 e. The topological polar surface area (TPSA) is 79.2 Å². The number of likely N-dealkylation sites (N-methyl/N-ethyl adjacent to an activating group) is 1. The molecule has 3 rings (SSSR count). The zero-order valence-corrected chi connectivity index (χ0v) is 19.3. The third-order valence-electron chi connectivity index (χ3n) is 3.86. The Labute approximate surface area is 187 Å². The van der Waals surface area contributed by atoms with Gasteiger partial charge in [-0.2, -0.15) is 0 Å². The molecule has 28 heavy (non-hydrogen) atoms. The molecular weight excluding hydrogens is 559 g/mol. The number of ether oxygens (including phenoxy) is 1. The molecular formula is C19H14BrIN2O4S. The number of aliphatic imine (C=N–C) groups is 1. The Kier molecular flexibility index (Phi) is 6.46. The Hall–Kier alpha value is -1.85. The van der Waals surface area contributed by atoms with Gasteiger partial charge in [-0.1, -0.05) is 15.9 Å². The summed E-state index contributed by atoms with van der Waals surface area (Å²) >= 11 is 6.65. The maximum Gasteiger partial charge on any atom is 0.337 e. The van der Waals surface area contributed by atoms with E-state index in [0.717, 1.165) is 4.47 Å². The first-order chi connectivity index (χ1) is 13.3. The highest BCUT2D eigenvalue weighted by Gasteiger charge is 2.30. The molecule has 144 valence electrons. The van der Waals surface area contributed by atoms with Crippen LogP contribution in [0.2, 0.25) is 0 Å². The predicted molar refractivity (Wildman–Crippen MR) is 122 cm³/mol. The van der Waals surface area contributed by atoms with Crippen LogP contribution in [-0.2, 0) is 9.53 Å². The number of amidine groups is 1. The first-order valence-corrected chi connectivity index (χ1v) is 10.6. The van der Waals surface area contributed by atoms with E-state index in [1.54, 1.807) is 49.5 Å². The molecule has 2 aromatic carbocycles. The number of nitrogens with zero attached hydrogens (tertiary/aromatic N) is 2. The van der Waals surface area contributed by atoms with Crippen molar-refractivity contribution in [2.75, 3.05) is 14.2 Å². The number of thioether (sulfide) groups is 1. The molecule has 2 aromatic rings. The minimum atomic E-state index is -0.421. The molecule has 0 saturated carbocycles. The lowest BCUT2D eigenvalue weighted by molar-refractivity contribution is -0.121. The maximum absolute atomic E-state index is 12.6. The molecule has 1 aliphatic rings. The SMILES string of the molecule is COC(=O)c1ccc(N=C2S/C(=C\c3cc(Br)cc(I)c3O)C(=O)N2C)cc1. The normalized spacial score (nSPS) is 16.9. The lowest BCUT2D eigenvalue weighted by Gasteiger charge is -2.07. The van der Waals surface area contributed by atoms with Crippen molar-refractivity contribution < 1.29 is 19.4 Å². The summed E-state index contributed by atoms with van der Waals surface area (Å²) in [4.78, 5) is 30.5.